The van der Waals surface area contributed by atoms with Gasteiger partial charge in [-0.1, -0.05) is 30.3 Å². The van der Waals surface area contributed by atoms with Crippen LogP contribution in [-0.4, -0.2) is 35.0 Å². The predicted octanol–water partition coefficient (Wildman–Crippen LogP) is 2.66. The molecule has 2 aliphatic rings. The van der Waals surface area contributed by atoms with E-state index in [0.717, 1.165) is 5.56 Å². The standard InChI is InChI=1S/C19H21N3O2/c20-18-9-8-15(10-21-18)19(23)22-11-16(13-4-2-1-3-5-13)24-17(12-22)14-6-7-14/h1-5,8-10,14,16-17H,6-7,11-12H2,(H2,20,21)/t16-,17+/m0/s1. The fourth-order valence-corrected chi connectivity index (χ4v) is 3.25. The van der Waals surface area contributed by atoms with Crippen molar-refractivity contribution in [1.29, 1.82) is 0 Å². The van der Waals surface area contributed by atoms with Gasteiger partial charge in [-0.25, -0.2) is 4.98 Å². The van der Waals surface area contributed by atoms with E-state index in [4.69, 9.17) is 10.5 Å². The Kier molecular flexibility index (Phi) is 3.94. The molecule has 1 amide bonds. The summed E-state index contributed by atoms with van der Waals surface area (Å²) in [4.78, 5) is 18.8. The van der Waals surface area contributed by atoms with Gasteiger partial charge in [0.2, 0.25) is 0 Å². The molecule has 124 valence electrons. The molecule has 2 N–H and O–H groups in total. The number of morpholine rings is 1. The van der Waals surface area contributed by atoms with Crippen LogP contribution in [0.15, 0.2) is 48.7 Å². The minimum Gasteiger partial charge on any atom is -0.384 e. The summed E-state index contributed by atoms with van der Waals surface area (Å²) in [6.45, 7) is 1.22. The fraction of sp³-hybridized carbons (Fsp3) is 0.368. The highest BCUT2D eigenvalue weighted by molar-refractivity contribution is 5.94. The second kappa shape index (κ2) is 6.24. The van der Waals surface area contributed by atoms with E-state index in [1.54, 1.807) is 18.3 Å². The van der Waals surface area contributed by atoms with Crippen molar-refractivity contribution in [3.05, 3.63) is 59.8 Å². The number of aromatic nitrogens is 1. The van der Waals surface area contributed by atoms with Gasteiger partial charge in [-0.3, -0.25) is 4.79 Å². The lowest BCUT2D eigenvalue weighted by Crippen LogP contribution is -2.47. The maximum Gasteiger partial charge on any atom is 0.255 e. The maximum absolute atomic E-state index is 12.9. The number of hydrogen-bond donors (Lipinski definition) is 1. The summed E-state index contributed by atoms with van der Waals surface area (Å²) in [5.74, 6) is 1.00. The van der Waals surface area contributed by atoms with Gasteiger partial charge in [0.1, 0.15) is 11.9 Å². The molecule has 1 saturated carbocycles. The van der Waals surface area contributed by atoms with Crippen LogP contribution in [-0.2, 0) is 4.74 Å². The van der Waals surface area contributed by atoms with Crippen molar-refractivity contribution in [2.24, 2.45) is 5.92 Å². The minimum atomic E-state index is -0.0729. The average molecular weight is 323 g/mol. The number of nitrogen functional groups attached to an aromatic ring is 1. The minimum absolute atomic E-state index is 0.00242. The summed E-state index contributed by atoms with van der Waals surface area (Å²) >= 11 is 0. The largest absolute Gasteiger partial charge is 0.384 e. The Morgan fingerprint density at radius 1 is 1.12 bits per heavy atom. The molecule has 4 rings (SSSR count). The number of nitrogens with zero attached hydrogens (tertiary/aromatic N) is 2. The number of amides is 1. The molecule has 0 spiro atoms. The van der Waals surface area contributed by atoms with Gasteiger partial charge in [-0.15, -0.1) is 0 Å². The lowest BCUT2D eigenvalue weighted by atomic mass is 10.0. The fourth-order valence-electron chi connectivity index (χ4n) is 3.25. The third-order valence-electron chi connectivity index (χ3n) is 4.77. The molecule has 1 saturated heterocycles. The number of benzene rings is 1. The summed E-state index contributed by atoms with van der Waals surface area (Å²) in [5.41, 5.74) is 7.32. The lowest BCUT2D eigenvalue weighted by Gasteiger charge is -2.38. The Bertz CT molecular complexity index is 713. The molecule has 5 heteroatoms. The molecule has 1 aliphatic heterocycles. The first kappa shape index (κ1) is 15.1. The van der Waals surface area contributed by atoms with Crippen LogP contribution >= 0.6 is 0 Å². The first-order valence-corrected chi connectivity index (χ1v) is 8.42. The number of pyridine rings is 1. The molecule has 2 atom stereocenters. The Morgan fingerprint density at radius 3 is 2.58 bits per heavy atom. The van der Waals surface area contributed by atoms with E-state index >= 15 is 0 Å². The van der Waals surface area contributed by atoms with Crippen LogP contribution in [0, 0.1) is 5.92 Å². The number of nitrogens with two attached hydrogens (primary N) is 1. The monoisotopic (exact) mass is 323 g/mol. The van der Waals surface area contributed by atoms with Crippen molar-refractivity contribution in [1.82, 2.24) is 9.88 Å². The topological polar surface area (TPSA) is 68.5 Å². The zero-order valence-electron chi connectivity index (χ0n) is 13.5. The second-order valence-electron chi connectivity index (χ2n) is 6.59. The first-order valence-electron chi connectivity index (χ1n) is 8.42. The smallest absolute Gasteiger partial charge is 0.255 e. The lowest BCUT2D eigenvalue weighted by molar-refractivity contribution is -0.0864. The Morgan fingerprint density at radius 2 is 1.92 bits per heavy atom. The highest BCUT2D eigenvalue weighted by atomic mass is 16.5. The van der Waals surface area contributed by atoms with Crippen LogP contribution < -0.4 is 5.73 Å². The highest BCUT2D eigenvalue weighted by Crippen LogP contribution is 2.39. The van der Waals surface area contributed by atoms with Crippen molar-refractivity contribution < 1.29 is 9.53 Å². The van der Waals surface area contributed by atoms with E-state index in [9.17, 15) is 4.79 Å². The molecule has 24 heavy (non-hydrogen) atoms. The van der Waals surface area contributed by atoms with Gasteiger partial charge in [0.25, 0.3) is 5.91 Å². The molecule has 0 unspecified atom stereocenters. The van der Waals surface area contributed by atoms with E-state index in [1.807, 2.05) is 23.1 Å². The third kappa shape index (κ3) is 3.12. The van der Waals surface area contributed by atoms with Gasteiger partial charge in [0.15, 0.2) is 0 Å². The molecular formula is C19H21N3O2. The Hall–Kier alpha value is -2.40. The molecule has 1 aromatic carbocycles. The Labute approximate surface area is 141 Å². The Balaban J connectivity index is 1.57. The van der Waals surface area contributed by atoms with Crippen molar-refractivity contribution in [3.8, 4) is 0 Å². The van der Waals surface area contributed by atoms with Crippen LogP contribution in [0.25, 0.3) is 0 Å². The summed E-state index contributed by atoms with van der Waals surface area (Å²) in [5, 5.41) is 0. The maximum atomic E-state index is 12.9. The van der Waals surface area contributed by atoms with Crippen molar-refractivity contribution in [2.45, 2.75) is 25.0 Å². The van der Waals surface area contributed by atoms with Crippen LogP contribution in [0.2, 0.25) is 0 Å². The van der Waals surface area contributed by atoms with Gasteiger partial charge in [-0.2, -0.15) is 0 Å². The molecule has 0 bridgehead atoms. The number of ether oxygens (including phenoxy) is 1. The van der Waals surface area contributed by atoms with Gasteiger partial charge in [-0.05, 0) is 36.5 Å². The number of carbonyl (C=O) groups is 1. The van der Waals surface area contributed by atoms with E-state index in [2.05, 4.69) is 17.1 Å². The van der Waals surface area contributed by atoms with Crippen LogP contribution in [0.5, 0.6) is 0 Å². The highest BCUT2D eigenvalue weighted by Gasteiger charge is 2.40. The molecule has 2 aromatic rings. The third-order valence-corrected chi connectivity index (χ3v) is 4.77. The first-order chi connectivity index (χ1) is 11.7. The van der Waals surface area contributed by atoms with Crippen molar-refractivity contribution >= 4 is 11.7 Å². The summed E-state index contributed by atoms with van der Waals surface area (Å²) in [7, 11) is 0. The van der Waals surface area contributed by atoms with Crippen LogP contribution in [0.4, 0.5) is 5.82 Å². The number of rotatable bonds is 3. The number of anilines is 1. The average Bonchev–Trinajstić information content (AvgIpc) is 3.47. The molecular weight excluding hydrogens is 302 g/mol. The summed E-state index contributed by atoms with van der Waals surface area (Å²) in [6, 6.07) is 13.5. The van der Waals surface area contributed by atoms with Crippen LogP contribution in [0.3, 0.4) is 0 Å². The van der Waals surface area contributed by atoms with E-state index in [-0.39, 0.29) is 18.1 Å². The van der Waals surface area contributed by atoms with Gasteiger partial charge >= 0.3 is 0 Å². The van der Waals surface area contributed by atoms with E-state index < -0.39 is 0 Å². The van der Waals surface area contributed by atoms with Gasteiger partial charge in [0.05, 0.1) is 18.2 Å². The van der Waals surface area contributed by atoms with E-state index in [0.29, 0.717) is 30.4 Å². The number of hydrogen-bond acceptors (Lipinski definition) is 4. The summed E-state index contributed by atoms with van der Waals surface area (Å²) < 4.78 is 6.30. The van der Waals surface area contributed by atoms with Gasteiger partial charge in [0, 0.05) is 12.7 Å². The molecule has 2 heterocycles. The SMILES string of the molecule is Nc1ccc(C(=O)N2C[C@@H](c3ccccc3)O[C@@H](C3CC3)C2)cn1. The van der Waals surface area contributed by atoms with Crippen LogP contribution in [0.1, 0.15) is 34.9 Å². The zero-order chi connectivity index (χ0) is 16.5. The molecule has 0 radical (unpaired) electrons. The predicted molar refractivity (Wildman–Crippen MR) is 91.3 cm³/mol. The zero-order valence-corrected chi connectivity index (χ0v) is 13.5. The molecule has 1 aromatic heterocycles. The van der Waals surface area contributed by atoms with Gasteiger partial charge < -0.3 is 15.4 Å². The normalized spacial score (nSPS) is 23.9. The molecule has 5 nitrogen and oxygen atoms in total. The van der Waals surface area contributed by atoms with Crippen molar-refractivity contribution in [2.75, 3.05) is 18.8 Å². The second-order valence-corrected chi connectivity index (χ2v) is 6.59. The van der Waals surface area contributed by atoms with Crippen molar-refractivity contribution in [3.63, 3.8) is 0 Å². The molecule has 2 fully saturated rings. The summed E-state index contributed by atoms with van der Waals surface area (Å²) in [6.07, 6.45) is 3.98. The molecule has 1 aliphatic carbocycles. The quantitative estimate of drug-likeness (QED) is 0.943. The van der Waals surface area contributed by atoms with E-state index in [1.165, 1.54) is 12.8 Å². The number of carbonyl (C=O) groups excluding carboxylic acids is 1.